The van der Waals surface area contributed by atoms with E-state index >= 15 is 0 Å². The van der Waals surface area contributed by atoms with E-state index in [1.807, 2.05) is 6.08 Å². The first-order valence-corrected chi connectivity index (χ1v) is 3.66. The van der Waals surface area contributed by atoms with Gasteiger partial charge in [0.25, 0.3) is 0 Å². The fourth-order valence-corrected chi connectivity index (χ4v) is 0.828. The van der Waals surface area contributed by atoms with E-state index in [2.05, 4.69) is 18.5 Å². The highest BCUT2D eigenvalue weighted by molar-refractivity contribution is 5.86. The quantitative estimate of drug-likeness (QED) is 0.416. The van der Waals surface area contributed by atoms with Gasteiger partial charge in [-0.2, -0.15) is 0 Å². The molecule has 0 heterocycles. The summed E-state index contributed by atoms with van der Waals surface area (Å²) in [7, 11) is 0. The minimum absolute atomic E-state index is 0.787. The summed E-state index contributed by atoms with van der Waals surface area (Å²) in [5.74, 6) is 0.787. The van der Waals surface area contributed by atoms with Crippen molar-refractivity contribution in [2.24, 2.45) is 10.9 Å². The van der Waals surface area contributed by atoms with Crippen molar-refractivity contribution in [1.82, 2.24) is 0 Å². The fourth-order valence-electron chi connectivity index (χ4n) is 0.828. The van der Waals surface area contributed by atoms with E-state index in [9.17, 15) is 0 Å². The molecule has 0 aromatic rings. The zero-order chi connectivity index (χ0) is 7.40. The van der Waals surface area contributed by atoms with Gasteiger partial charge in [0.05, 0.1) is 0 Å². The Morgan fingerprint density at radius 3 is 2.80 bits per heavy atom. The summed E-state index contributed by atoms with van der Waals surface area (Å²) in [5, 5.41) is 0. The molecule has 1 rings (SSSR count). The first kappa shape index (κ1) is 7.26. The van der Waals surface area contributed by atoms with E-state index in [1.165, 1.54) is 18.6 Å². The van der Waals surface area contributed by atoms with E-state index in [4.69, 9.17) is 0 Å². The highest BCUT2D eigenvalue weighted by Gasteiger charge is 2.23. The van der Waals surface area contributed by atoms with E-state index in [0.29, 0.717) is 0 Å². The molecular formula is C9H13N. The summed E-state index contributed by atoms with van der Waals surface area (Å²) >= 11 is 0. The average Bonchev–Trinajstić information content (AvgIpc) is 2.69. The van der Waals surface area contributed by atoms with Gasteiger partial charge in [0, 0.05) is 11.9 Å². The summed E-state index contributed by atoms with van der Waals surface area (Å²) < 4.78 is 0. The minimum atomic E-state index is 0.787. The lowest BCUT2D eigenvalue weighted by Crippen LogP contribution is -1.90. The van der Waals surface area contributed by atoms with Crippen LogP contribution in [-0.2, 0) is 0 Å². The molecule has 0 spiro atoms. The summed E-state index contributed by atoms with van der Waals surface area (Å²) in [4.78, 5) is 4.24. The van der Waals surface area contributed by atoms with Gasteiger partial charge in [-0.25, -0.2) is 0 Å². The standard InChI is InChI=1S/C9H13N/c1-3-4-7-10-8(2)9-5-6-9/h3-4,7,9H,1,5-6H2,2H3/b7-4-,10-8?. The van der Waals surface area contributed by atoms with Gasteiger partial charge in [-0.05, 0) is 31.8 Å². The van der Waals surface area contributed by atoms with Crippen LogP contribution in [0.4, 0.5) is 0 Å². The molecule has 1 saturated carbocycles. The summed E-state index contributed by atoms with van der Waals surface area (Å²) in [5.41, 5.74) is 1.26. The first-order valence-electron chi connectivity index (χ1n) is 3.66. The van der Waals surface area contributed by atoms with Gasteiger partial charge in [0.15, 0.2) is 0 Å². The van der Waals surface area contributed by atoms with Crippen molar-refractivity contribution < 1.29 is 0 Å². The number of nitrogens with zero attached hydrogens (tertiary/aromatic N) is 1. The number of hydrogen-bond acceptors (Lipinski definition) is 1. The lowest BCUT2D eigenvalue weighted by Gasteiger charge is -1.89. The Morgan fingerprint density at radius 1 is 1.60 bits per heavy atom. The van der Waals surface area contributed by atoms with Crippen molar-refractivity contribution in [3.05, 3.63) is 24.9 Å². The number of rotatable bonds is 3. The van der Waals surface area contributed by atoms with E-state index in [1.54, 1.807) is 12.3 Å². The van der Waals surface area contributed by atoms with Gasteiger partial charge < -0.3 is 0 Å². The molecular weight excluding hydrogens is 122 g/mol. The largest absolute Gasteiger partial charge is 0.266 e. The van der Waals surface area contributed by atoms with Crippen LogP contribution < -0.4 is 0 Å². The smallest absolute Gasteiger partial charge is 0.0266 e. The second-order valence-corrected chi connectivity index (χ2v) is 2.62. The molecule has 0 N–H and O–H groups in total. The molecule has 0 amide bonds. The molecule has 0 radical (unpaired) electrons. The maximum atomic E-state index is 4.24. The molecule has 1 aliphatic rings. The number of allylic oxidation sites excluding steroid dienone is 2. The topological polar surface area (TPSA) is 12.4 Å². The Kier molecular flexibility index (Phi) is 2.43. The number of aliphatic imine (C=N–C) groups is 1. The molecule has 0 saturated heterocycles. The second-order valence-electron chi connectivity index (χ2n) is 2.62. The van der Waals surface area contributed by atoms with Crippen LogP contribution in [0.3, 0.4) is 0 Å². The third-order valence-electron chi connectivity index (χ3n) is 1.67. The maximum absolute atomic E-state index is 4.24. The molecule has 1 heteroatoms. The van der Waals surface area contributed by atoms with Crippen LogP contribution in [0.25, 0.3) is 0 Å². The van der Waals surface area contributed by atoms with Gasteiger partial charge in [0.2, 0.25) is 0 Å². The third kappa shape index (κ3) is 2.18. The van der Waals surface area contributed by atoms with Crippen molar-refractivity contribution in [2.45, 2.75) is 19.8 Å². The molecule has 54 valence electrons. The van der Waals surface area contributed by atoms with E-state index in [-0.39, 0.29) is 0 Å². The number of hydrogen-bond donors (Lipinski definition) is 0. The van der Waals surface area contributed by atoms with E-state index < -0.39 is 0 Å². The summed E-state index contributed by atoms with van der Waals surface area (Å²) in [6.07, 6.45) is 8.06. The maximum Gasteiger partial charge on any atom is 0.0266 e. The Bertz CT molecular complexity index is 173. The van der Waals surface area contributed by atoms with Crippen LogP contribution >= 0.6 is 0 Å². The Hall–Kier alpha value is -0.850. The van der Waals surface area contributed by atoms with Crippen molar-refractivity contribution in [3.63, 3.8) is 0 Å². The first-order chi connectivity index (χ1) is 4.84. The average molecular weight is 135 g/mol. The SMILES string of the molecule is C=C/C=C\N=C(C)C1CC1. The van der Waals surface area contributed by atoms with Crippen molar-refractivity contribution in [3.8, 4) is 0 Å². The molecule has 1 aliphatic carbocycles. The van der Waals surface area contributed by atoms with Crippen molar-refractivity contribution in [2.75, 3.05) is 0 Å². The normalized spacial score (nSPS) is 19.9. The minimum Gasteiger partial charge on any atom is -0.266 e. The van der Waals surface area contributed by atoms with Crippen LogP contribution in [0.2, 0.25) is 0 Å². The van der Waals surface area contributed by atoms with Crippen LogP contribution in [0.5, 0.6) is 0 Å². The molecule has 1 nitrogen and oxygen atoms in total. The van der Waals surface area contributed by atoms with E-state index in [0.717, 1.165) is 5.92 Å². The molecule has 0 unspecified atom stereocenters. The molecule has 0 aromatic carbocycles. The van der Waals surface area contributed by atoms with Gasteiger partial charge in [-0.15, -0.1) is 0 Å². The van der Waals surface area contributed by atoms with Crippen molar-refractivity contribution in [1.29, 1.82) is 0 Å². The predicted octanol–water partition coefficient (Wildman–Crippen LogP) is 2.56. The Labute approximate surface area is 62.2 Å². The molecule has 0 aliphatic heterocycles. The summed E-state index contributed by atoms with van der Waals surface area (Å²) in [6, 6.07) is 0. The lowest BCUT2D eigenvalue weighted by molar-refractivity contribution is 1.17. The van der Waals surface area contributed by atoms with Crippen molar-refractivity contribution >= 4 is 5.71 Å². The van der Waals surface area contributed by atoms with Gasteiger partial charge in [-0.3, -0.25) is 4.99 Å². The van der Waals surface area contributed by atoms with Gasteiger partial charge >= 0.3 is 0 Å². The summed E-state index contributed by atoms with van der Waals surface area (Å²) in [6.45, 7) is 5.65. The van der Waals surface area contributed by atoms with Gasteiger partial charge in [-0.1, -0.05) is 12.7 Å². The lowest BCUT2D eigenvalue weighted by atomic mass is 10.3. The van der Waals surface area contributed by atoms with Crippen LogP contribution in [0, 0.1) is 5.92 Å². The van der Waals surface area contributed by atoms with Crippen LogP contribution in [0.15, 0.2) is 29.9 Å². The predicted molar refractivity (Wildman–Crippen MR) is 45.2 cm³/mol. The second kappa shape index (κ2) is 3.35. The monoisotopic (exact) mass is 135 g/mol. The van der Waals surface area contributed by atoms with Crippen LogP contribution in [0.1, 0.15) is 19.8 Å². The Morgan fingerprint density at radius 2 is 2.30 bits per heavy atom. The molecule has 1 fully saturated rings. The zero-order valence-corrected chi connectivity index (χ0v) is 6.38. The zero-order valence-electron chi connectivity index (χ0n) is 6.38. The third-order valence-corrected chi connectivity index (χ3v) is 1.67. The fraction of sp³-hybridized carbons (Fsp3) is 0.444. The molecule has 0 atom stereocenters. The highest BCUT2D eigenvalue weighted by Crippen LogP contribution is 2.30. The Balaban J connectivity index is 2.36. The molecule has 0 aromatic heterocycles. The van der Waals surface area contributed by atoms with Crippen LogP contribution in [-0.4, -0.2) is 5.71 Å². The van der Waals surface area contributed by atoms with Gasteiger partial charge in [0.1, 0.15) is 0 Å². The molecule has 0 bridgehead atoms. The highest BCUT2D eigenvalue weighted by atomic mass is 14.7. The molecule has 10 heavy (non-hydrogen) atoms.